The van der Waals surface area contributed by atoms with E-state index in [4.69, 9.17) is 0 Å². The number of piperidine rings is 1. The number of benzene rings is 1. The van der Waals surface area contributed by atoms with E-state index in [1.54, 1.807) is 11.3 Å². The molecule has 0 aliphatic carbocycles. The van der Waals surface area contributed by atoms with Gasteiger partial charge in [0.25, 0.3) is 0 Å². The lowest BCUT2D eigenvalue weighted by Gasteiger charge is -2.38. The third kappa shape index (κ3) is 4.60. The van der Waals surface area contributed by atoms with Crippen LogP contribution in [0.15, 0.2) is 41.5 Å². The highest BCUT2D eigenvalue weighted by atomic mass is 32.1. The summed E-state index contributed by atoms with van der Waals surface area (Å²) in [7, 11) is 1.88. The zero-order valence-electron chi connectivity index (χ0n) is 15.4. The quantitative estimate of drug-likeness (QED) is 0.671. The summed E-state index contributed by atoms with van der Waals surface area (Å²) in [6.07, 6.45) is 4.08. The van der Waals surface area contributed by atoms with Crippen LogP contribution in [0.3, 0.4) is 0 Å². The smallest absolute Gasteiger partial charge is 0.193 e. The number of hydrogen-bond acceptors (Lipinski definition) is 3. The molecule has 25 heavy (non-hydrogen) atoms. The van der Waals surface area contributed by atoms with Crippen LogP contribution in [-0.4, -0.2) is 42.5 Å². The number of aryl methyl sites for hydroxylation is 1. The van der Waals surface area contributed by atoms with Crippen LogP contribution in [0.25, 0.3) is 0 Å². The molecule has 2 aromatic rings. The van der Waals surface area contributed by atoms with E-state index in [-0.39, 0.29) is 0 Å². The van der Waals surface area contributed by atoms with Gasteiger partial charge in [-0.25, -0.2) is 4.98 Å². The van der Waals surface area contributed by atoms with Gasteiger partial charge in [0.1, 0.15) is 0 Å². The van der Waals surface area contributed by atoms with Crippen molar-refractivity contribution in [3.8, 4) is 0 Å². The minimum absolute atomic E-state index is 0.622. The number of aliphatic imine (C=N–C) groups is 1. The second kappa shape index (κ2) is 8.48. The topological polar surface area (TPSA) is 40.5 Å². The van der Waals surface area contributed by atoms with E-state index in [1.165, 1.54) is 21.9 Å². The maximum Gasteiger partial charge on any atom is 0.193 e. The SMILES string of the molecule is CN=C(NCCc1ncc(C)s1)N1CCC(c2ccccc2)C(C)C1. The van der Waals surface area contributed by atoms with Crippen LogP contribution in [0.1, 0.15) is 34.7 Å². The summed E-state index contributed by atoms with van der Waals surface area (Å²) in [5.41, 5.74) is 1.47. The number of nitrogens with one attached hydrogen (secondary N) is 1. The molecule has 1 aliphatic rings. The van der Waals surface area contributed by atoms with Gasteiger partial charge in [-0.3, -0.25) is 4.99 Å². The Hall–Kier alpha value is -1.88. The standard InChI is InChI=1S/C20H28N4S/c1-15-14-24(12-10-18(15)17-7-5-4-6-8-17)20(21-3)22-11-9-19-23-13-16(2)25-19/h4-8,13,15,18H,9-12,14H2,1-3H3,(H,21,22). The fourth-order valence-electron chi connectivity index (χ4n) is 3.66. The molecule has 1 aromatic heterocycles. The minimum Gasteiger partial charge on any atom is -0.356 e. The molecule has 5 heteroatoms. The van der Waals surface area contributed by atoms with Crippen molar-refractivity contribution in [3.05, 3.63) is 52.0 Å². The number of rotatable bonds is 4. The molecule has 0 saturated carbocycles. The minimum atomic E-state index is 0.622. The van der Waals surface area contributed by atoms with Crippen molar-refractivity contribution in [2.75, 3.05) is 26.7 Å². The zero-order valence-corrected chi connectivity index (χ0v) is 16.2. The summed E-state index contributed by atoms with van der Waals surface area (Å²) in [6.45, 7) is 7.45. The summed E-state index contributed by atoms with van der Waals surface area (Å²) in [5, 5.41) is 4.71. The molecule has 134 valence electrons. The third-order valence-corrected chi connectivity index (χ3v) is 5.91. The second-order valence-electron chi connectivity index (χ2n) is 6.82. The zero-order chi connectivity index (χ0) is 17.6. The van der Waals surface area contributed by atoms with E-state index in [2.05, 4.69) is 64.4 Å². The number of aromatic nitrogens is 1. The summed E-state index contributed by atoms with van der Waals surface area (Å²) in [6, 6.07) is 10.9. The molecule has 1 aliphatic heterocycles. The third-order valence-electron chi connectivity index (χ3n) is 4.94. The van der Waals surface area contributed by atoms with Crippen molar-refractivity contribution in [2.45, 2.75) is 32.6 Å². The maximum absolute atomic E-state index is 4.49. The Morgan fingerprint density at radius 1 is 1.36 bits per heavy atom. The van der Waals surface area contributed by atoms with E-state index in [9.17, 15) is 0 Å². The summed E-state index contributed by atoms with van der Waals surface area (Å²) in [4.78, 5) is 12.6. The van der Waals surface area contributed by atoms with Crippen molar-refractivity contribution >= 4 is 17.3 Å². The van der Waals surface area contributed by atoms with Gasteiger partial charge >= 0.3 is 0 Å². The predicted molar refractivity (Wildman–Crippen MR) is 106 cm³/mol. The first-order chi connectivity index (χ1) is 12.2. The van der Waals surface area contributed by atoms with Gasteiger partial charge in [-0.15, -0.1) is 11.3 Å². The molecule has 2 atom stereocenters. The van der Waals surface area contributed by atoms with Gasteiger partial charge in [0.15, 0.2) is 5.96 Å². The van der Waals surface area contributed by atoms with Crippen LogP contribution < -0.4 is 5.32 Å². The predicted octanol–water partition coefficient (Wildman–Crippen LogP) is 3.70. The Balaban J connectivity index is 1.52. The average Bonchev–Trinajstić information content (AvgIpc) is 3.04. The molecule has 1 N–H and O–H groups in total. The largest absolute Gasteiger partial charge is 0.356 e. The number of guanidine groups is 1. The van der Waals surface area contributed by atoms with Gasteiger partial charge in [-0.1, -0.05) is 37.3 Å². The Kier molecular flexibility index (Phi) is 6.08. The van der Waals surface area contributed by atoms with Gasteiger partial charge in [0, 0.05) is 44.2 Å². The van der Waals surface area contributed by atoms with Gasteiger partial charge in [0.2, 0.25) is 0 Å². The molecule has 0 spiro atoms. The first-order valence-electron chi connectivity index (χ1n) is 9.09. The Morgan fingerprint density at radius 3 is 2.80 bits per heavy atom. The number of hydrogen-bond donors (Lipinski definition) is 1. The highest BCUT2D eigenvalue weighted by Gasteiger charge is 2.28. The fraction of sp³-hybridized carbons (Fsp3) is 0.500. The molecule has 4 nitrogen and oxygen atoms in total. The molecule has 1 saturated heterocycles. The molecule has 0 bridgehead atoms. The van der Waals surface area contributed by atoms with E-state index < -0.39 is 0 Å². The van der Waals surface area contributed by atoms with Crippen molar-refractivity contribution in [1.29, 1.82) is 0 Å². The lowest BCUT2D eigenvalue weighted by molar-refractivity contribution is 0.234. The Labute approximate surface area is 155 Å². The second-order valence-corrected chi connectivity index (χ2v) is 8.14. The van der Waals surface area contributed by atoms with Crippen molar-refractivity contribution in [1.82, 2.24) is 15.2 Å². The van der Waals surface area contributed by atoms with E-state index in [0.717, 1.165) is 32.0 Å². The molecule has 0 amide bonds. The Morgan fingerprint density at radius 2 is 2.16 bits per heavy atom. The Bertz CT molecular complexity index is 695. The van der Waals surface area contributed by atoms with Gasteiger partial charge < -0.3 is 10.2 Å². The van der Waals surface area contributed by atoms with Crippen molar-refractivity contribution < 1.29 is 0 Å². The molecule has 2 unspecified atom stereocenters. The lowest BCUT2D eigenvalue weighted by atomic mass is 9.82. The average molecular weight is 357 g/mol. The van der Waals surface area contributed by atoms with Gasteiger partial charge in [-0.2, -0.15) is 0 Å². The van der Waals surface area contributed by atoms with E-state index in [0.29, 0.717) is 11.8 Å². The van der Waals surface area contributed by atoms with Crippen LogP contribution in [0, 0.1) is 12.8 Å². The fourth-order valence-corrected chi connectivity index (χ4v) is 4.45. The van der Waals surface area contributed by atoms with Crippen molar-refractivity contribution in [2.24, 2.45) is 10.9 Å². The highest BCUT2D eigenvalue weighted by molar-refractivity contribution is 7.11. The molecule has 1 fully saturated rings. The highest BCUT2D eigenvalue weighted by Crippen LogP contribution is 2.32. The summed E-state index contributed by atoms with van der Waals surface area (Å²) < 4.78 is 0. The maximum atomic E-state index is 4.49. The molecular formula is C20H28N4S. The first-order valence-corrected chi connectivity index (χ1v) is 9.91. The lowest BCUT2D eigenvalue weighted by Crippen LogP contribution is -2.48. The monoisotopic (exact) mass is 356 g/mol. The van der Waals surface area contributed by atoms with Crippen LogP contribution in [0.5, 0.6) is 0 Å². The van der Waals surface area contributed by atoms with Crippen LogP contribution in [-0.2, 0) is 6.42 Å². The summed E-state index contributed by atoms with van der Waals surface area (Å²) in [5.74, 6) is 2.29. The normalized spacial score (nSPS) is 21.4. The molecule has 1 aromatic carbocycles. The number of thiazole rings is 1. The molecule has 3 rings (SSSR count). The number of nitrogens with zero attached hydrogens (tertiary/aromatic N) is 3. The van der Waals surface area contributed by atoms with Crippen LogP contribution >= 0.6 is 11.3 Å². The molecular weight excluding hydrogens is 328 g/mol. The summed E-state index contributed by atoms with van der Waals surface area (Å²) >= 11 is 1.78. The van der Waals surface area contributed by atoms with E-state index in [1.807, 2.05) is 13.2 Å². The van der Waals surface area contributed by atoms with Gasteiger partial charge in [0.05, 0.1) is 5.01 Å². The van der Waals surface area contributed by atoms with Gasteiger partial charge in [-0.05, 0) is 30.7 Å². The molecule has 2 heterocycles. The van der Waals surface area contributed by atoms with Crippen LogP contribution in [0.2, 0.25) is 0 Å². The first kappa shape index (κ1) is 17.9. The van der Waals surface area contributed by atoms with Crippen LogP contribution in [0.4, 0.5) is 0 Å². The molecule has 0 radical (unpaired) electrons. The number of likely N-dealkylation sites (tertiary alicyclic amines) is 1. The van der Waals surface area contributed by atoms with E-state index >= 15 is 0 Å². The van der Waals surface area contributed by atoms with Crippen molar-refractivity contribution in [3.63, 3.8) is 0 Å².